The van der Waals surface area contributed by atoms with Crippen LogP contribution in [0.1, 0.15) is 97.2 Å². The van der Waals surface area contributed by atoms with Gasteiger partial charge in [-0.05, 0) is 85.1 Å². The molecule has 4 rings (SSSR count). The number of hydrogen-bond donors (Lipinski definition) is 2. The third kappa shape index (κ3) is 15.4. The predicted octanol–water partition coefficient (Wildman–Crippen LogP) is 9.25. The summed E-state index contributed by atoms with van der Waals surface area (Å²) in [6.07, 6.45) is 1.85. The second-order valence-corrected chi connectivity index (χ2v) is 11.9. The standard InChI is InChI=1S/C39H42F3N3O6.C2H6.CH2O2/c1-4-6-7-8-9-22-50-31-18-12-28(13-19-31)38(48)51-32-16-10-27(11-17-32)26-45(5-2)37(47)30-15-21-35(43-25-30)44-36(46)23-29-14-20-33(49-3)24-34(29)39(40,41)42;1-2;2-1-3/h10-21,24-25H,4-9,22-23,26H2,1-3H3,(H,43,44,46);1-2H3;1H,(H,2,3). The van der Waals surface area contributed by atoms with Crippen LogP contribution in [0, 0.1) is 0 Å². The van der Waals surface area contributed by atoms with Crippen molar-refractivity contribution in [2.75, 3.05) is 25.6 Å². The number of carbonyl (C=O) groups excluding carboxylic acids is 3. The number of alkyl halides is 3. The van der Waals surface area contributed by atoms with Crippen molar-refractivity contribution >= 4 is 30.1 Å². The number of halogens is 3. The summed E-state index contributed by atoms with van der Waals surface area (Å²) in [6, 6.07) is 20.0. The number of amides is 2. The number of unbranched alkanes of at least 4 members (excludes halogenated alkanes) is 4. The number of hydrogen-bond acceptors (Lipinski definition) is 8. The first-order valence-corrected chi connectivity index (χ1v) is 18.3. The van der Waals surface area contributed by atoms with Crippen LogP contribution in [-0.2, 0) is 28.7 Å². The lowest BCUT2D eigenvalue weighted by atomic mass is 10.0. The van der Waals surface area contributed by atoms with Gasteiger partial charge in [0.05, 0.1) is 36.8 Å². The lowest BCUT2D eigenvalue weighted by molar-refractivity contribution is -0.138. The minimum atomic E-state index is -4.67. The molecule has 3 aromatic carbocycles. The molecule has 0 bridgehead atoms. The molecule has 2 amide bonds. The first-order chi connectivity index (χ1) is 26.9. The Morgan fingerprint density at radius 2 is 1.45 bits per heavy atom. The maximum atomic E-state index is 13.5. The van der Waals surface area contributed by atoms with Crippen LogP contribution in [0.3, 0.4) is 0 Å². The molecule has 0 saturated heterocycles. The van der Waals surface area contributed by atoms with Crippen LogP contribution >= 0.6 is 0 Å². The largest absolute Gasteiger partial charge is 0.497 e. The van der Waals surface area contributed by atoms with Crippen LogP contribution in [0.15, 0.2) is 85.1 Å². The first-order valence-electron chi connectivity index (χ1n) is 18.3. The van der Waals surface area contributed by atoms with Gasteiger partial charge in [-0.3, -0.25) is 14.4 Å². The Balaban J connectivity index is 0.00000206. The van der Waals surface area contributed by atoms with E-state index in [9.17, 15) is 27.6 Å². The molecule has 1 aromatic heterocycles. The number of ether oxygens (including phenoxy) is 3. The Kier molecular flexibility index (Phi) is 20.2. The summed E-state index contributed by atoms with van der Waals surface area (Å²) < 4.78 is 56.7. The lowest BCUT2D eigenvalue weighted by Crippen LogP contribution is -2.30. The number of esters is 1. The summed E-state index contributed by atoms with van der Waals surface area (Å²) in [6.45, 7) is 9.05. The van der Waals surface area contributed by atoms with Crippen molar-refractivity contribution < 1.29 is 51.7 Å². The summed E-state index contributed by atoms with van der Waals surface area (Å²) >= 11 is 0. The Hall–Kier alpha value is -5.92. The van der Waals surface area contributed by atoms with Gasteiger partial charge < -0.3 is 29.5 Å². The van der Waals surface area contributed by atoms with Crippen LogP contribution in [0.25, 0.3) is 0 Å². The van der Waals surface area contributed by atoms with Crippen molar-refractivity contribution in [3.63, 3.8) is 0 Å². The van der Waals surface area contributed by atoms with Crippen molar-refractivity contribution in [2.24, 2.45) is 0 Å². The van der Waals surface area contributed by atoms with E-state index in [0.29, 0.717) is 30.2 Å². The summed E-state index contributed by atoms with van der Waals surface area (Å²) in [4.78, 5) is 52.6. The molecule has 0 saturated carbocycles. The van der Waals surface area contributed by atoms with Gasteiger partial charge in [-0.1, -0.05) is 64.7 Å². The number of anilines is 1. The predicted molar refractivity (Wildman–Crippen MR) is 207 cm³/mol. The zero-order valence-electron chi connectivity index (χ0n) is 32.4. The number of nitrogens with zero attached hydrogens (tertiary/aromatic N) is 2. The second-order valence-electron chi connectivity index (χ2n) is 11.9. The van der Waals surface area contributed by atoms with E-state index in [1.807, 2.05) is 20.8 Å². The van der Waals surface area contributed by atoms with E-state index in [-0.39, 0.29) is 41.6 Å². The second kappa shape index (κ2) is 24.5. The minimum absolute atomic E-state index is 0.0272. The molecular weight excluding hydrogens is 731 g/mol. The van der Waals surface area contributed by atoms with E-state index in [1.54, 1.807) is 53.4 Å². The molecule has 14 heteroatoms. The van der Waals surface area contributed by atoms with Crippen LogP contribution in [0.2, 0.25) is 0 Å². The summed E-state index contributed by atoms with van der Waals surface area (Å²) in [7, 11) is 1.26. The maximum absolute atomic E-state index is 13.5. The Labute approximate surface area is 325 Å². The monoisotopic (exact) mass is 781 g/mol. The number of carboxylic acid groups (broad SMARTS) is 1. The molecular formula is C42H50F3N3O8. The number of nitrogens with one attached hydrogen (secondary N) is 1. The highest BCUT2D eigenvalue weighted by Gasteiger charge is 2.34. The van der Waals surface area contributed by atoms with Crippen molar-refractivity contribution in [1.82, 2.24) is 9.88 Å². The van der Waals surface area contributed by atoms with Gasteiger partial charge in [-0.15, -0.1) is 0 Å². The van der Waals surface area contributed by atoms with E-state index in [2.05, 4.69) is 17.2 Å². The average molecular weight is 782 g/mol. The molecule has 56 heavy (non-hydrogen) atoms. The highest BCUT2D eigenvalue weighted by molar-refractivity contribution is 5.95. The molecule has 0 spiro atoms. The van der Waals surface area contributed by atoms with Gasteiger partial charge in [0, 0.05) is 19.3 Å². The van der Waals surface area contributed by atoms with Crippen molar-refractivity contribution in [2.45, 2.75) is 78.9 Å². The third-order valence-corrected chi connectivity index (χ3v) is 8.03. The van der Waals surface area contributed by atoms with Gasteiger partial charge in [0.25, 0.3) is 12.4 Å². The summed E-state index contributed by atoms with van der Waals surface area (Å²) in [5.41, 5.74) is 0.283. The minimum Gasteiger partial charge on any atom is -0.497 e. The van der Waals surface area contributed by atoms with Gasteiger partial charge in [-0.25, -0.2) is 9.78 Å². The molecule has 11 nitrogen and oxygen atoms in total. The smallest absolute Gasteiger partial charge is 0.416 e. The van der Waals surface area contributed by atoms with E-state index >= 15 is 0 Å². The molecule has 2 N–H and O–H groups in total. The summed E-state index contributed by atoms with van der Waals surface area (Å²) in [5, 5.41) is 9.37. The quantitative estimate of drug-likeness (QED) is 0.0464. The molecule has 0 radical (unpaired) electrons. The molecule has 0 aliphatic carbocycles. The van der Waals surface area contributed by atoms with Crippen LogP contribution < -0.4 is 19.5 Å². The Bertz CT molecular complexity index is 1800. The number of rotatable bonds is 17. The average Bonchev–Trinajstić information content (AvgIpc) is 3.20. The fraction of sp³-hybridized carbons (Fsp3) is 0.357. The molecule has 0 aliphatic heterocycles. The van der Waals surface area contributed by atoms with Crippen molar-refractivity contribution in [1.29, 1.82) is 0 Å². The number of aromatic nitrogens is 1. The Morgan fingerprint density at radius 3 is 2.02 bits per heavy atom. The SMILES string of the molecule is CC.CCCCCCCOc1ccc(C(=O)Oc2ccc(CN(CC)C(=O)c3ccc(NC(=O)Cc4ccc(OC)cc4C(F)(F)F)nc3)cc2)cc1.O=CO. The van der Waals surface area contributed by atoms with Crippen LogP contribution in [0.4, 0.5) is 19.0 Å². The van der Waals surface area contributed by atoms with E-state index < -0.39 is 30.0 Å². The number of carbonyl (C=O) groups is 4. The topological polar surface area (TPSA) is 144 Å². The first kappa shape index (κ1) is 46.2. The van der Waals surface area contributed by atoms with Gasteiger partial charge in [-0.2, -0.15) is 13.2 Å². The zero-order chi connectivity index (χ0) is 41.5. The molecule has 0 fully saturated rings. The maximum Gasteiger partial charge on any atom is 0.416 e. The number of pyridine rings is 1. The lowest BCUT2D eigenvalue weighted by Gasteiger charge is -2.21. The molecule has 302 valence electrons. The van der Waals surface area contributed by atoms with Crippen LogP contribution in [-0.4, -0.2) is 59.5 Å². The Morgan fingerprint density at radius 1 is 0.839 bits per heavy atom. The van der Waals surface area contributed by atoms with Gasteiger partial charge >= 0.3 is 12.1 Å². The highest BCUT2D eigenvalue weighted by Crippen LogP contribution is 2.34. The molecule has 0 unspecified atom stereocenters. The zero-order valence-corrected chi connectivity index (χ0v) is 32.4. The number of methoxy groups -OCH3 is 1. The fourth-order valence-electron chi connectivity index (χ4n) is 5.20. The van der Waals surface area contributed by atoms with Crippen molar-refractivity contribution in [3.05, 3.63) is 113 Å². The van der Waals surface area contributed by atoms with Gasteiger partial charge in [0.2, 0.25) is 5.91 Å². The molecule has 0 aliphatic rings. The van der Waals surface area contributed by atoms with Gasteiger partial charge in [0.15, 0.2) is 0 Å². The summed E-state index contributed by atoms with van der Waals surface area (Å²) in [5.74, 6) is -0.342. The van der Waals surface area contributed by atoms with Crippen LogP contribution in [0.5, 0.6) is 17.2 Å². The number of benzene rings is 3. The van der Waals surface area contributed by atoms with Crippen molar-refractivity contribution in [3.8, 4) is 17.2 Å². The third-order valence-electron chi connectivity index (χ3n) is 8.03. The highest BCUT2D eigenvalue weighted by atomic mass is 19.4. The van der Waals surface area contributed by atoms with E-state index in [0.717, 1.165) is 24.5 Å². The molecule has 4 aromatic rings. The normalized spacial score (nSPS) is 10.4. The molecule has 1 heterocycles. The van der Waals surface area contributed by atoms with E-state index in [1.165, 1.54) is 56.8 Å². The van der Waals surface area contributed by atoms with E-state index in [4.69, 9.17) is 24.1 Å². The van der Waals surface area contributed by atoms with Gasteiger partial charge in [0.1, 0.15) is 23.1 Å². The molecule has 0 atom stereocenters. The fourth-order valence-corrected chi connectivity index (χ4v) is 5.20.